The first-order valence-electron chi connectivity index (χ1n) is 9.35. The maximum absolute atomic E-state index is 13.0. The highest BCUT2D eigenvalue weighted by molar-refractivity contribution is 5.93. The van der Waals surface area contributed by atoms with Crippen molar-refractivity contribution in [2.75, 3.05) is 26.6 Å². The number of para-hydroxylation sites is 1. The van der Waals surface area contributed by atoms with Gasteiger partial charge in [0.05, 0.1) is 39.5 Å². The highest BCUT2D eigenvalue weighted by atomic mass is 16.5. The minimum absolute atomic E-state index is 0.127. The highest BCUT2D eigenvalue weighted by Gasteiger charge is 2.23. The molecule has 1 unspecified atom stereocenters. The van der Waals surface area contributed by atoms with E-state index in [0.717, 1.165) is 11.1 Å². The van der Waals surface area contributed by atoms with Crippen molar-refractivity contribution in [3.8, 4) is 17.2 Å². The number of benzene rings is 2. The molecule has 1 N–H and O–H groups in total. The number of anilines is 1. The third kappa shape index (κ3) is 4.54. The van der Waals surface area contributed by atoms with Gasteiger partial charge in [-0.05, 0) is 42.8 Å². The predicted molar refractivity (Wildman–Crippen MR) is 113 cm³/mol. The molecule has 0 fully saturated rings. The van der Waals surface area contributed by atoms with Gasteiger partial charge in [-0.2, -0.15) is 0 Å². The Morgan fingerprint density at radius 3 is 2.34 bits per heavy atom. The third-order valence-corrected chi connectivity index (χ3v) is 4.79. The van der Waals surface area contributed by atoms with Crippen molar-refractivity contribution in [2.24, 2.45) is 0 Å². The Kier molecular flexibility index (Phi) is 6.44. The molecule has 0 saturated heterocycles. The number of nitrogens with one attached hydrogen (secondary N) is 1. The summed E-state index contributed by atoms with van der Waals surface area (Å²) in [5.41, 5.74) is 2.56. The van der Waals surface area contributed by atoms with Crippen molar-refractivity contribution in [1.82, 2.24) is 4.57 Å². The van der Waals surface area contributed by atoms with Gasteiger partial charge in [-0.15, -0.1) is 0 Å². The summed E-state index contributed by atoms with van der Waals surface area (Å²) in [4.78, 5) is 13.0. The van der Waals surface area contributed by atoms with Crippen LogP contribution in [0.4, 0.5) is 5.69 Å². The summed E-state index contributed by atoms with van der Waals surface area (Å²) >= 11 is 0. The number of ether oxygens (including phenoxy) is 3. The molecule has 0 aliphatic heterocycles. The minimum Gasteiger partial charge on any atom is -0.495 e. The number of hydrogen-bond acceptors (Lipinski definition) is 4. The molecule has 6 nitrogen and oxygen atoms in total. The SMILES string of the molecule is COc1ccc(C)cc1NC(=O)CC(c1cccc(OC)c1OC)n1cccc1. The lowest BCUT2D eigenvalue weighted by Crippen LogP contribution is -2.20. The van der Waals surface area contributed by atoms with E-state index in [1.165, 1.54) is 0 Å². The number of aryl methyl sites for hydroxylation is 1. The second-order valence-corrected chi connectivity index (χ2v) is 6.68. The predicted octanol–water partition coefficient (Wildman–Crippen LogP) is 4.44. The third-order valence-electron chi connectivity index (χ3n) is 4.79. The van der Waals surface area contributed by atoms with E-state index in [-0.39, 0.29) is 18.4 Å². The first-order valence-corrected chi connectivity index (χ1v) is 9.35. The van der Waals surface area contributed by atoms with Crippen molar-refractivity contribution in [1.29, 1.82) is 0 Å². The van der Waals surface area contributed by atoms with Crippen LogP contribution in [0, 0.1) is 6.92 Å². The van der Waals surface area contributed by atoms with Gasteiger partial charge in [-0.25, -0.2) is 0 Å². The van der Waals surface area contributed by atoms with Gasteiger partial charge < -0.3 is 24.1 Å². The van der Waals surface area contributed by atoms with Crippen LogP contribution in [-0.2, 0) is 4.79 Å². The largest absolute Gasteiger partial charge is 0.495 e. The van der Waals surface area contributed by atoms with E-state index in [4.69, 9.17) is 14.2 Å². The number of carbonyl (C=O) groups excluding carboxylic acids is 1. The van der Waals surface area contributed by atoms with Crippen molar-refractivity contribution < 1.29 is 19.0 Å². The lowest BCUT2D eigenvalue weighted by atomic mass is 10.0. The summed E-state index contributed by atoms with van der Waals surface area (Å²) in [5, 5.41) is 2.98. The molecule has 0 aliphatic carbocycles. The number of methoxy groups -OCH3 is 3. The molecular formula is C23H26N2O4. The maximum atomic E-state index is 13.0. The molecule has 0 bridgehead atoms. The average Bonchev–Trinajstić information content (AvgIpc) is 3.26. The second-order valence-electron chi connectivity index (χ2n) is 6.68. The fourth-order valence-corrected chi connectivity index (χ4v) is 3.40. The Balaban J connectivity index is 1.92. The van der Waals surface area contributed by atoms with Crippen molar-refractivity contribution in [2.45, 2.75) is 19.4 Å². The molecule has 3 rings (SSSR count). The lowest BCUT2D eigenvalue weighted by Gasteiger charge is -2.23. The molecule has 3 aromatic rings. The van der Waals surface area contributed by atoms with Crippen LogP contribution in [0.15, 0.2) is 60.9 Å². The zero-order chi connectivity index (χ0) is 20.8. The molecule has 0 aliphatic rings. The van der Waals surface area contributed by atoms with Crippen LogP contribution in [0.3, 0.4) is 0 Å². The van der Waals surface area contributed by atoms with Gasteiger partial charge in [-0.1, -0.05) is 18.2 Å². The number of amides is 1. The molecule has 1 aromatic heterocycles. The van der Waals surface area contributed by atoms with Crippen LogP contribution in [-0.4, -0.2) is 31.8 Å². The Bertz CT molecular complexity index is 967. The summed E-state index contributed by atoms with van der Waals surface area (Å²) in [6.45, 7) is 1.97. The lowest BCUT2D eigenvalue weighted by molar-refractivity contribution is -0.116. The Morgan fingerprint density at radius 2 is 1.69 bits per heavy atom. The molecule has 1 amide bonds. The summed E-state index contributed by atoms with van der Waals surface area (Å²) < 4.78 is 18.4. The van der Waals surface area contributed by atoms with Gasteiger partial charge in [0.2, 0.25) is 5.91 Å². The van der Waals surface area contributed by atoms with Gasteiger partial charge in [0.25, 0.3) is 0 Å². The molecule has 0 radical (unpaired) electrons. The van der Waals surface area contributed by atoms with E-state index in [1.807, 2.05) is 72.4 Å². The fraction of sp³-hybridized carbons (Fsp3) is 0.261. The van der Waals surface area contributed by atoms with Crippen LogP contribution in [0.5, 0.6) is 17.2 Å². The van der Waals surface area contributed by atoms with E-state index >= 15 is 0 Å². The number of carbonyl (C=O) groups is 1. The minimum atomic E-state index is -0.258. The van der Waals surface area contributed by atoms with Crippen LogP contribution in [0.25, 0.3) is 0 Å². The smallest absolute Gasteiger partial charge is 0.226 e. The van der Waals surface area contributed by atoms with E-state index in [2.05, 4.69) is 5.32 Å². The molecular weight excluding hydrogens is 368 g/mol. The zero-order valence-corrected chi connectivity index (χ0v) is 17.1. The first-order chi connectivity index (χ1) is 14.1. The highest BCUT2D eigenvalue weighted by Crippen LogP contribution is 2.38. The monoisotopic (exact) mass is 394 g/mol. The summed E-state index contributed by atoms with van der Waals surface area (Å²) in [7, 11) is 4.79. The summed E-state index contributed by atoms with van der Waals surface area (Å²) in [6.07, 6.45) is 4.09. The molecule has 152 valence electrons. The number of nitrogens with zero attached hydrogens (tertiary/aromatic N) is 1. The Morgan fingerprint density at radius 1 is 0.966 bits per heavy atom. The quantitative estimate of drug-likeness (QED) is 0.614. The average molecular weight is 394 g/mol. The van der Waals surface area contributed by atoms with E-state index in [9.17, 15) is 4.79 Å². The van der Waals surface area contributed by atoms with Gasteiger partial charge in [0, 0.05) is 18.0 Å². The normalized spacial score (nSPS) is 11.6. The van der Waals surface area contributed by atoms with Gasteiger partial charge in [0.15, 0.2) is 11.5 Å². The van der Waals surface area contributed by atoms with E-state index < -0.39 is 0 Å². The number of aromatic nitrogens is 1. The van der Waals surface area contributed by atoms with E-state index in [1.54, 1.807) is 21.3 Å². The molecule has 1 atom stereocenters. The van der Waals surface area contributed by atoms with Crippen molar-refractivity contribution in [3.63, 3.8) is 0 Å². The fourth-order valence-electron chi connectivity index (χ4n) is 3.40. The van der Waals surface area contributed by atoms with Gasteiger partial charge in [-0.3, -0.25) is 4.79 Å². The summed E-state index contributed by atoms with van der Waals surface area (Å²) in [5.74, 6) is 1.75. The number of rotatable bonds is 8. The Labute approximate surface area is 171 Å². The first kappa shape index (κ1) is 20.3. The van der Waals surface area contributed by atoms with Gasteiger partial charge in [0.1, 0.15) is 5.75 Å². The molecule has 29 heavy (non-hydrogen) atoms. The van der Waals surface area contributed by atoms with Crippen LogP contribution in [0.1, 0.15) is 23.6 Å². The molecule has 2 aromatic carbocycles. The molecule has 6 heteroatoms. The van der Waals surface area contributed by atoms with Crippen LogP contribution in [0.2, 0.25) is 0 Å². The topological polar surface area (TPSA) is 61.7 Å². The maximum Gasteiger partial charge on any atom is 0.226 e. The number of hydrogen-bond donors (Lipinski definition) is 1. The van der Waals surface area contributed by atoms with E-state index in [0.29, 0.717) is 22.9 Å². The second kappa shape index (κ2) is 9.19. The standard InChI is InChI=1S/C23H26N2O4/c1-16-10-11-20(27-2)18(14-16)24-22(26)15-19(25-12-5-6-13-25)17-8-7-9-21(28-3)23(17)29-4/h5-14,19H,15H2,1-4H3,(H,24,26). The van der Waals surface area contributed by atoms with Crippen molar-refractivity contribution >= 4 is 11.6 Å². The molecule has 1 heterocycles. The molecule has 0 saturated carbocycles. The summed E-state index contributed by atoms with van der Waals surface area (Å²) in [6, 6.07) is 15.0. The van der Waals surface area contributed by atoms with Crippen LogP contribution < -0.4 is 19.5 Å². The zero-order valence-electron chi connectivity index (χ0n) is 17.1. The van der Waals surface area contributed by atoms with Crippen molar-refractivity contribution in [3.05, 3.63) is 72.1 Å². The van der Waals surface area contributed by atoms with Crippen LogP contribution >= 0.6 is 0 Å². The Hall–Kier alpha value is -3.41. The molecule has 0 spiro atoms. The van der Waals surface area contributed by atoms with Gasteiger partial charge >= 0.3 is 0 Å².